The maximum Gasteiger partial charge on any atom is 0.235 e. The molecule has 2 bridgehead atoms. The quantitative estimate of drug-likeness (QED) is 0.544. The van der Waals surface area contributed by atoms with Crippen LogP contribution in [-0.4, -0.2) is 33.6 Å². The van der Waals surface area contributed by atoms with Crippen molar-refractivity contribution < 1.29 is 9.59 Å². The van der Waals surface area contributed by atoms with Gasteiger partial charge in [0.15, 0.2) is 4.34 Å². The summed E-state index contributed by atoms with van der Waals surface area (Å²) in [5.41, 5.74) is 1.91. The number of hydrogen-bond acceptors (Lipinski definition) is 6. The molecule has 1 saturated heterocycles. The molecule has 2 aromatic rings. The number of rotatable bonds is 5. The van der Waals surface area contributed by atoms with Gasteiger partial charge in [0.05, 0.1) is 28.7 Å². The fourth-order valence-corrected chi connectivity index (χ4v) is 7.82. The number of carbonyl (C=O) groups is 2. The third-order valence-corrected chi connectivity index (χ3v) is 9.17. The second kappa shape index (κ2) is 7.24. The maximum absolute atomic E-state index is 12.8. The van der Waals surface area contributed by atoms with E-state index >= 15 is 0 Å². The molecule has 2 heterocycles. The first kappa shape index (κ1) is 18.6. The van der Waals surface area contributed by atoms with Gasteiger partial charge in [0.25, 0.3) is 0 Å². The summed E-state index contributed by atoms with van der Waals surface area (Å²) in [5, 5.41) is 3.82. The van der Waals surface area contributed by atoms with Crippen LogP contribution in [0.15, 0.2) is 46.8 Å². The van der Waals surface area contributed by atoms with Crippen molar-refractivity contribution in [3.05, 3.63) is 42.5 Å². The largest absolute Gasteiger partial charge is 0.367 e. The van der Waals surface area contributed by atoms with Gasteiger partial charge in [-0.2, -0.15) is 0 Å². The fourth-order valence-electron chi connectivity index (χ4n) is 5.36. The van der Waals surface area contributed by atoms with Gasteiger partial charge in [0.2, 0.25) is 11.8 Å². The molecular formula is C23H23N3O2S2. The van der Waals surface area contributed by atoms with Crippen LogP contribution in [-0.2, 0) is 9.59 Å². The highest BCUT2D eigenvalue weighted by molar-refractivity contribution is 8.01. The summed E-state index contributed by atoms with van der Waals surface area (Å²) in [6.07, 6.45) is 13.4. The van der Waals surface area contributed by atoms with E-state index in [2.05, 4.69) is 35.7 Å². The smallest absolute Gasteiger partial charge is 0.235 e. The number of likely N-dealkylation sites (tertiary alicyclic amines) is 1. The highest BCUT2D eigenvalue weighted by Gasteiger charge is 2.59. The Hall–Kier alpha value is -2.12. The van der Waals surface area contributed by atoms with Crippen molar-refractivity contribution in [2.75, 3.05) is 12.0 Å². The molecule has 30 heavy (non-hydrogen) atoms. The molecule has 154 valence electrons. The fraction of sp³-hybridized carbons (Fsp3) is 0.435. The maximum atomic E-state index is 12.8. The second-order valence-electron chi connectivity index (χ2n) is 8.62. The molecule has 7 heteroatoms. The molecule has 2 fully saturated rings. The van der Waals surface area contributed by atoms with Crippen LogP contribution >= 0.6 is 23.1 Å². The molecular weight excluding hydrogens is 414 g/mol. The average Bonchev–Trinajstić information content (AvgIpc) is 3.51. The summed E-state index contributed by atoms with van der Waals surface area (Å²) in [4.78, 5) is 31.8. The van der Waals surface area contributed by atoms with Gasteiger partial charge in [-0.05, 0) is 55.7 Å². The van der Waals surface area contributed by atoms with E-state index in [1.807, 2.05) is 23.9 Å². The topological polar surface area (TPSA) is 62.3 Å². The van der Waals surface area contributed by atoms with Crippen LogP contribution in [0.3, 0.4) is 0 Å². The number of thioether (sulfide) groups is 1. The molecule has 1 N–H and O–H groups in total. The normalized spacial score (nSPS) is 31.9. The number of carbonyl (C=O) groups excluding carboxylic acids is 2. The van der Waals surface area contributed by atoms with Crippen LogP contribution in [0.2, 0.25) is 0 Å². The molecule has 1 aliphatic heterocycles. The van der Waals surface area contributed by atoms with E-state index in [-0.39, 0.29) is 42.2 Å². The van der Waals surface area contributed by atoms with Gasteiger partial charge in [-0.3, -0.25) is 14.5 Å². The van der Waals surface area contributed by atoms with Crippen molar-refractivity contribution in [2.24, 2.45) is 23.7 Å². The third kappa shape index (κ3) is 3.02. The first-order valence-electron chi connectivity index (χ1n) is 10.7. The molecule has 0 unspecified atom stereocenters. The number of imide groups is 1. The lowest BCUT2D eigenvalue weighted by atomic mass is 9.85. The summed E-state index contributed by atoms with van der Waals surface area (Å²) < 4.78 is 2.22. The molecule has 6 rings (SSSR count). The predicted molar refractivity (Wildman–Crippen MR) is 120 cm³/mol. The summed E-state index contributed by atoms with van der Waals surface area (Å²) in [5.74, 6) is 0.230. The molecule has 1 saturated carbocycles. The summed E-state index contributed by atoms with van der Waals surface area (Å²) >= 11 is 3.55. The van der Waals surface area contributed by atoms with Crippen LogP contribution in [0.25, 0.3) is 10.2 Å². The van der Waals surface area contributed by atoms with Crippen molar-refractivity contribution in [1.29, 1.82) is 0 Å². The first-order valence-corrected chi connectivity index (χ1v) is 12.4. The number of aromatic nitrogens is 1. The summed E-state index contributed by atoms with van der Waals surface area (Å²) in [6, 6.07) is 6.07. The van der Waals surface area contributed by atoms with Gasteiger partial charge in [0, 0.05) is 10.9 Å². The Morgan fingerprint density at radius 3 is 2.67 bits per heavy atom. The van der Waals surface area contributed by atoms with Crippen molar-refractivity contribution in [1.82, 2.24) is 9.88 Å². The molecule has 2 amide bonds. The second-order valence-corrected chi connectivity index (χ2v) is 11.1. The lowest BCUT2D eigenvalue weighted by Gasteiger charge is -2.18. The number of thiazole rings is 1. The molecule has 3 aliphatic carbocycles. The van der Waals surface area contributed by atoms with Crippen LogP contribution < -0.4 is 5.32 Å². The molecule has 0 radical (unpaired) electrons. The number of nitrogens with zero attached hydrogens (tertiary/aromatic N) is 2. The molecule has 5 atom stereocenters. The Bertz CT molecular complexity index is 1060. The molecule has 0 spiro atoms. The zero-order valence-electron chi connectivity index (χ0n) is 16.5. The first-order chi connectivity index (χ1) is 14.7. The number of benzene rings is 1. The monoisotopic (exact) mass is 437 g/mol. The Kier molecular flexibility index (Phi) is 4.49. The highest BCUT2D eigenvalue weighted by Crippen LogP contribution is 2.52. The minimum absolute atomic E-state index is 0.00700. The summed E-state index contributed by atoms with van der Waals surface area (Å²) in [6.45, 7) is 0.239. The van der Waals surface area contributed by atoms with Gasteiger partial charge < -0.3 is 5.32 Å². The van der Waals surface area contributed by atoms with Crippen LogP contribution in [0.4, 0.5) is 5.69 Å². The zero-order valence-corrected chi connectivity index (χ0v) is 18.1. The van der Waals surface area contributed by atoms with Crippen LogP contribution in [0.5, 0.6) is 0 Å². The molecule has 5 nitrogen and oxygen atoms in total. The highest BCUT2D eigenvalue weighted by atomic mass is 32.2. The Morgan fingerprint density at radius 1 is 1.13 bits per heavy atom. The summed E-state index contributed by atoms with van der Waals surface area (Å²) in [7, 11) is 0. The predicted octanol–water partition coefficient (Wildman–Crippen LogP) is 4.67. The van der Waals surface area contributed by atoms with E-state index in [1.165, 1.54) is 24.2 Å². The van der Waals surface area contributed by atoms with E-state index < -0.39 is 0 Å². The minimum atomic E-state index is -0.133. The van der Waals surface area contributed by atoms with Gasteiger partial charge in [0.1, 0.15) is 0 Å². The SMILES string of the molecule is O=C1[C@@H]2[C@@H](C(=O)N1CNc1ccc3nc(S[C@H]4C=CCCC4)sc3c1)[C@H]1C=C[C@H]2C1. The number of allylic oxidation sites excluding steroid dienone is 3. The number of hydrogen-bond donors (Lipinski definition) is 1. The van der Waals surface area contributed by atoms with E-state index in [0.29, 0.717) is 5.25 Å². The van der Waals surface area contributed by atoms with Crippen molar-refractivity contribution in [2.45, 2.75) is 35.3 Å². The Balaban J connectivity index is 1.14. The van der Waals surface area contributed by atoms with E-state index in [0.717, 1.165) is 26.7 Å². The molecule has 4 aliphatic rings. The average molecular weight is 438 g/mol. The van der Waals surface area contributed by atoms with Gasteiger partial charge >= 0.3 is 0 Å². The Morgan fingerprint density at radius 2 is 1.93 bits per heavy atom. The van der Waals surface area contributed by atoms with Gasteiger partial charge in [-0.15, -0.1) is 11.3 Å². The van der Waals surface area contributed by atoms with E-state index in [4.69, 9.17) is 4.98 Å². The van der Waals surface area contributed by atoms with E-state index in [9.17, 15) is 9.59 Å². The van der Waals surface area contributed by atoms with Crippen molar-refractivity contribution in [3.63, 3.8) is 0 Å². The zero-order chi connectivity index (χ0) is 20.2. The molecule has 1 aromatic carbocycles. The number of fused-ring (bicyclic) bond motifs is 6. The van der Waals surface area contributed by atoms with Gasteiger partial charge in [-0.1, -0.05) is 36.1 Å². The lowest BCUT2D eigenvalue weighted by molar-refractivity contribution is -0.140. The standard InChI is InChI=1S/C23H23N3O2S2/c27-21-19-13-6-7-14(10-13)20(19)22(28)26(21)12-24-15-8-9-17-18(11-15)30-23(25-17)29-16-4-2-1-3-5-16/h2,4,6-9,11,13-14,16,19-20,24H,1,3,5,10,12H2/t13-,14-,16-,19-,20-/m0/s1. The van der Waals surface area contributed by atoms with Crippen molar-refractivity contribution >= 4 is 50.8 Å². The van der Waals surface area contributed by atoms with Crippen molar-refractivity contribution in [3.8, 4) is 0 Å². The third-order valence-electron chi connectivity index (χ3n) is 6.83. The lowest BCUT2D eigenvalue weighted by Crippen LogP contribution is -2.37. The Labute approximate surface area is 183 Å². The minimum Gasteiger partial charge on any atom is -0.367 e. The van der Waals surface area contributed by atoms with Gasteiger partial charge in [-0.25, -0.2) is 4.98 Å². The number of nitrogens with one attached hydrogen (secondary N) is 1. The molecule has 1 aromatic heterocycles. The van der Waals surface area contributed by atoms with E-state index in [1.54, 1.807) is 11.3 Å². The number of anilines is 1. The number of amides is 2. The van der Waals surface area contributed by atoms with Crippen LogP contribution in [0.1, 0.15) is 25.7 Å². The van der Waals surface area contributed by atoms with Crippen LogP contribution in [0, 0.1) is 23.7 Å².